The van der Waals surface area contributed by atoms with Crippen molar-refractivity contribution in [3.63, 3.8) is 0 Å². The van der Waals surface area contributed by atoms with Gasteiger partial charge in [-0.05, 0) is 37.0 Å². The number of ether oxygens (including phenoxy) is 2. The first-order valence-corrected chi connectivity index (χ1v) is 14.5. The smallest absolute Gasteiger partial charge is 0.748 e. The molecule has 0 bridgehead atoms. The van der Waals surface area contributed by atoms with E-state index in [4.69, 9.17) is 9.47 Å². The van der Waals surface area contributed by atoms with Crippen LogP contribution >= 0.6 is 0 Å². The van der Waals surface area contributed by atoms with Gasteiger partial charge >= 0.3 is 35.7 Å². The van der Waals surface area contributed by atoms with Crippen LogP contribution in [0.15, 0.2) is 24.3 Å². The number of rotatable bonds is 20. The third-order valence-electron chi connectivity index (χ3n) is 5.90. The van der Waals surface area contributed by atoms with Crippen molar-refractivity contribution < 1.29 is 56.8 Å². The molecule has 0 heterocycles. The number of unbranched alkanes of at least 4 members (excludes halogenated alkanes) is 11. The number of carbonyl (C=O) groups excluding carboxylic acids is 1. The van der Waals surface area contributed by atoms with Crippen molar-refractivity contribution in [2.45, 2.75) is 110 Å². The number of alkyl carbamates (subject to hydrolysis) is 1. The van der Waals surface area contributed by atoms with Gasteiger partial charge in [0.15, 0.2) is 0 Å². The molecule has 1 N–H and O–H groups in total. The van der Waals surface area contributed by atoms with Gasteiger partial charge in [-0.25, -0.2) is 13.2 Å². The Morgan fingerprint density at radius 1 is 0.889 bits per heavy atom. The van der Waals surface area contributed by atoms with Crippen LogP contribution in [-0.2, 0) is 14.9 Å². The minimum absolute atomic E-state index is 0. The zero-order valence-electron chi connectivity index (χ0n) is 22.1. The molecule has 0 fully saturated rings. The summed E-state index contributed by atoms with van der Waals surface area (Å²) in [6.45, 7) is 2.32. The van der Waals surface area contributed by atoms with Gasteiger partial charge in [0.2, 0.25) is 0 Å². The first-order chi connectivity index (χ1) is 16.4. The molecule has 0 saturated carbocycles. The van der Waals surface area contributed by atoms with E-state index in [0.717, 1.165) is 24.2 Å². The van der Waals surface area contributed by atoms with Gasteiger partial charge in [0, 0.05) is 12.3 Å². The maximum Gasteiger partial charge on any atom is 1.00 e. The fraction of sp³-hybridized carbons (Fsp3) is 0.741. The molecule has 1 amide bonds. The monoisotopic (exact) mass is 537 g/mol. The molecular weight excluding hydrogens is 489 g/mol. The average molecular weight is 538 g/mol. The van der Waals surface area contributed by atoms with Crippen LogP contribution in [0.3, 0.4) is 0 Å². The number of hydrogen-bond acceptors (Lipinski definition) is 6. The van der Waals surface area contributed by atoms with Gasteiger partial charge in [0.05, 0.1) is 17.2 Å². The summed E-state index contributed by atoms with van der Waals surface area (Å²) < 4.78 is 42.9. The summed E-state index contributed by atoms with van der Waals surface area (Å²) in [6, 6.07) is 7.46. The average Bonchev–Trinajstić information content (AvgIpc) is 2.81. The second-order valence-electron chi connectivity index (χ2n) is 8.89. The predicted molar refractivity (Wildman–Crippen MR) is 142 cm³/mol. The Kier molecular flexibility index (Phi) is 24.2. The Balaban J connectivity index is 0. The summed E-state index contributed by atoms with van der Waals surface area (Å²) in [5, 5.41) is 2.54. The Morgan fingerprint density at radius 3 is 1.86 bits per heavy atom. The van der Waals surface area contributed by atoms with Gasteiger partial charge in [-0.2, -0.15) is 0 Å². The summed E-state index contributed by atoms with van der Waals surface area (Å²) in [5.74, 6) is 0.227. The van der Waals surface area contributed by atoms with E-state index in [1.165, 1.54) is 64.2 Å². The van der Waals surface area contributed by atoms with Crippen LogP contribution in [0.2, 0.25) is 0 Å². The Hall–Kier alpha value is -0.800. The van der Waals surface area contributed by atoms with Crippen molar-refractivity contribution in [2.24, 2.45) is 0 Å². The molecule has 1 unspecified atom stereocenters. The van der Waals surface area contributed by atoms with Crippen LogP contribution in [0.4, 0.5) is 4.79 Å². The SMILES string of the molecule is C.CCCCCCCCCCCCCCC(OC(=O)NCCCS(=O)(=O)[O-])c1ccc(OC)cc1.[Na+]. The number of carbonyl (C=O) groups is 1. The maximum atomic E-state index is 12.2. The topological polar surface area (TPSA) is 105 Å². The number of benzene rings is 1. The summed E-state index contributed by atoms with van der Waals surface area (Å²) in [4.78, 5) is 12.2. The Labute approximate surface area is 242 Å². The molecule has 0 spiro atoms. The predicted octanol–water partition coefficient (Wildman–Crippen LogP) is 4.13. The minimum atomic E-state index is -4.28. The molecule has 204 valence electrons. The zero-order valence-corrected chi connectivity index (χ0v) is 24.9. The molecule has 0 aliphatic carbocycles. The zero-order chi connectivity index (χ0) is 25.1. The summed E-state index contributed by atoms with van der Waals surface area (Å²) >= 11 is 0. The van der Waals surface area contributed by atoms with Gasteiger partial charge in [-0.1, -0.05) is 97.1 Å². The van der Waals surface area contributed by atoms with Crippen molar-refractivity contribution in [2.75, 3.05) is 19.4 Å². The molecule has 0 aliphatic rings. The van der Waals surface area contributed by atoms with Gasteiger partial charge in [-0.3, -0.25) is 0 Å². The van der Waals surface area contributed by atoms with Crippen molar-refractivity contribution in [1.82, 2.24) is 5.32 Å². The summed E-state index contributed by atoms with van der Waals surface area (Å²) in [6.07, 6.45) is 14.9. The van der Waals surface area contributed by atoms with Crippen molar-refractivity contribution in [1.29, 1.82) is 0 Å². The first-order valence-electron chi connectivity index (χ1n) is 12.9. The Morgan fingerprint density at radius 2 is 1.39 bits per heavy atom. The Bertz CT molecular complexity index is 758. The molecule has 1 aromatic rings. The molecular formula is C27H48NNaO6S. The number of hydrogen-bond donors (Lipinski definition) is 1. The summed E-state index contributed by atoms with van der Waals surface area (Å²) in [7, 11) is -2.68. The van der Waals surface area contributed by atoms with Crippen LogP contribution in [0.1, 0.15) is 116 Å². The minimum Gasteiger partial charge on any atom is -0.748 e. The van der Waals surface area contributed by atoms with Gasteiger partial charge in [0.25, 0.3) is 0 Å². The van der Waals surface area contributed by atoms with E-state index >= 15 is 0 Å². The van der Waals surface area contributed by atoms with E-state index in [9.17, 15) is 17.8 Å². The van der Waals surface area contributed by atoms with Crippen LogP contribution in [0.5, 0.6) is 5.75 Å². The van der Waals surface area contributed by atoms with E-state index in [2.05, 4.69) is 12.2 Å². The molecule has 7 nitrogen and oxygen atoms in total. The van der Waals surface area contributed by atoms with Crippen LogP contribution in [0, 0.1) is 0 Å². The van der Waals surface area contributed by atoms with E-state index in [0.29, 0.717) is 6.42 Å². The van der Waals surface area contributed by atoms with Crippen molar-refractivity contribution in [3.05, 3.63) is 29.8 Å². The molecule has 1 rings (SSSR count). The van der Waals surface area contributed by atoms with Crippen LogP contribution < -0.4 is 39.6 Å². The molecule has 9 heteroatoms. The van der Waals surface area contributed by atoms with Gasteiger partial charge in [0.1, 0.15) is 11.9 Å². The second-order valence-corrected chi connectivity index (χ2v) is 10.4. The number of methoxy groups -OCH3 is 1. The van der Waals surface area contributed by atoms with Crippen molar-refractivity contribution >= 4 is 16.2 Å². The van der Waals surface area contributed by atoms with Crippen molar-refractivity contribution in [3.8, 4) is 5.75 Å². The fourth-order valence-electron chi connectivity index (χ4n) is 3.89. The maximum absolute atomic E-state index is 12.2. The third kappa shape index (κ3) is 20.3. The normalized spacial score (nSPS) is 11.6. The quantitative estimate of drug-likeness (QED) is 0.152. The number of amides is 1. The van der Waals surface area contributed by atoms with Gasteiger partial charge < -0.3 is 19.3 Å². The van der Waals surface area contributed by atoms with Crippen LogP contribution in [0.25, 0.3) is 0 Å². The van der Waals surface area contributed by atoms with E-state index in [1.807, 2.05) is 24.3 Å². The molecule has 36 heavy (non-hydrogen) atoms. The molecule has 0 saturated heterocycles. The molecule has 1 aromatic carbocycles. The first kappa shape index (κ1) is 37.4. The molecule has 1 atom stereocenters. The third-order valence-corrected chi connectivity index (χ3v) is 6.69. The fourth-order valence-corrected chi connectivity index (χ4v) is 4.39. The second kappa shape index (κ2) is 23.3. The summed E-state index contributed by atoms with van der Waals surface area (Å²) in [5.41, 5.74) is 0.890. The molecule has 0 aliphatic heterocycles. The van der Waals surface area contributed by atoms with Gasteiger partial charge in [-0.15, -0.1) is 0 Å². The van der Waals surface area contributed by atoms with E-state index in [-0.39, 0.29) is 49.9 Å². The molecule has 0 aromatic heterocycles. The number of nitrogens with one attached hydrogen (secondary N) is 1. The van der Waals surface area contributed by atoms with Crippen LogP contribution in [-0.4, -0.2) is 38.5 Å². The largest absolute Gasteiger partial charge is 1.00 e. The van der Waals surface area contributed by atoms with E-state index in [1.54, 1.807) is 7.11 Å². The van der Waals surface area contributed by atoms with E-state index < -0.39 is 28.1 Å². The standard InChI is InChI=1S/C26H45NO6S.CH4.Na/c1-3-4-5-6-7-8-9-10-11-12-13-14-16-25(23-17-19-24(32-2)20-18-23)33-26(28)27-21-15-22-34(29,30)31;;/h17-20,25H,3-16,21-22H2,1-2H3,(H,27,28)(H,29,30,31);1H4;/q;;+1/p-1. The molecule has 0 radical (unpaired) electrons.